The van der Waals surface area contributed by atoms with Crippen molar-refractivity contribution in [2.45, 2.75) is 45.4 Å². The number of aliphatic imine (C=N–C) groups is 1. The highest BCUT2D eigenvalue weighted by molar-refractivity contribution is 7.10. The van der Waals surface area contributed by atoms with Crippen LogP contribution in [0.15, 0.2) is 22.5 Å². The van der Waals surface area contributed by atoms with Gasteiger partial charge in [0.05, 0.1) is 6.54 Å². The van der Waals surface area contributed by atoms with Gasteiger partial charge in [-0.05, 0) is 31.2 Å². The number of carbonyl (C=O) groups is 1. The van der Waals surface area contributed by atoms with Crippen molar-refractivity contribution in [1.82, 2.24) is 15.5 Å². The minimum Gasteiger partial charge on any atom is -0.357 e. The quantitative estimate of drug-likeness (QED) is 0.639. The lowest BCUT2D eigenvalue weighted by molar-refractivity contribution is -0.119. The van der Waals surface area contributed by atoms with Gasteiger partial charge in [0.2, 0.25) is 5.91 Å². The fourth-order valence-corrected chi connectivity index (χ4v) is 4.71. The predicted octanol–water partition coefficient (Wildman–Crippen LogP) is 2.59. The van der Waals surface area contributed by atoms with Gasteiger partial charge in [0.1, 0.15) is 0 Å². The fraction of sp³-hybridized carbons (Fsp3) is 0.684. The Kier molecular flexibility index (Phi) is 5.37. The van der Waals surface area contributed by atoms with Crippen LogP contribution in [0.3, 0.4) is 0 Å². The Morgan fingerprint density at radius 1 is 1.52 bits per heavy atom. The van der Waals surface area contributed by atoms with Gasteiger partial charge in [0.25, 0.3) is 0 Å². The normalized spacial score (nSPS) is 24.7. The summed E-state index contributed by atoms with van der Waals surface area (Å²) < 4.78 is 0. The molecule has 1 spiro atoms. The Hall–Kier alpha value is -1.56. The van der Waals surface area contributed by atoms with Crippen LogP contribution in [0.2, 0.25) is 0 Å². The van der Waals surface area contributed by atoms with Crippen LogP contribution < -0.4 is 10.6 Å². The van der Waals surface area contributed by atoms with E-state index in [0.717, 1.165) is 51.5 Å². The van der Waals surface area contributed by atoms with Crippen LogP contribution in [0.4, 0.5) is 0 Å². The summed E-state index contributed by atoms with van der Waals surface area (Å²) in [4.78, 5) is 20.4. The number of hydrogen-bond donors (Lipinski definition) is 2. The number of nitrogens with zero attached hydrogens (tertiary/aromatic N) is 2. The summed E-state index contributed by atoms with van der Waals surface area (Å²) in [6.07, 6.45) is 2.90. The maximum atomic E-state index is 11.7. The van der Waals surface area contributed by atoms with E-state index < -0.39 is 0 Å². The Morgan fingerprint density at radius 2 is 2.36 bits per heavy atom. The zero-order valence-corrected chi connectivity index (χ0v) is 16.4. The maximum absolute atomic E-state index is 11.7. The summed E-state index contributed by atoms with van der Waals surface area (Å²) >= 11 is 1.80. The highest BCUT2D eigenvalue weighted by atomic mass is 32.1. The van der Waals surface area contributed by atoms with Gasteiger partial charge in [0.15, 0.2) is 5.96 Å². The summed E-state index contributed by atoms with van der Waals surface area (Å²) in [6, 6.07) is 4.30. The van der Waals surface area contributed by atoms with Crippen LogP contribution in [-0.4, -0.2) is 49.5 Å². The van der Waals surface area contributed by atoms with Gasteiger partial charge in [0, 0.05) is 48.3 Å². The van der Waals surface area contributed by atoms with Crippen molar-refractivity contribution in [2.24, 2.45) is 10.4 Å². The molecule has 138 valence electrons. The minimum absolute atomic E-state index is 0.0349. The standard InChI is InChI=1S/C19H30N4OS/c1-4-20-17(22-12-18(2,3)15-7-5-10-25-15)23-9-6-8-19(14-23)11-16(24)21-13-19/h5,7,10H,4,6,8-9,11-14H2,1-3H3,(H,20,22)(H,21,24). The maximum Gasteiger partial charge on any atom is 0.220 e. The van der Waals surface area contributed by atoms with Crippen LogP contribution in [0.5, 0.6) is 0 Å². The lowest BCUT2D eigenvalue weighted by Crippen LogP contribution is -2.51. The number of piperidine rings is 1. The largest absolute Gasteiger partial charge is 0.357 e. The van der Waals surface area contributed by atoms with Crippen molar-refractivity contribution in [3.8, 4) is 0 Å². The number of guanidine groups is 1. The number of hydrogen-bond acceptors (Lipinski definition) is 3. The first-order valence-electron chi connectivity index (χ1n) is 9.28. The predicted molar refractivity (Wildman–Crippen MR) is 104 cm³/mol. The molecule has 1 amide bonds. The molecule has 2 saturated heterocycles. The molecule has 0 saturated carbocycles. The summed E-state index contributed by atoms with van der Waals surface area (Å²) in [6.45, 7) is 11.0. The number of amides is 1. The molecule has 2 N–H and O–H groups in total. The van der Waals surface area contributed by atoms with Crippen molar-refractivity contribution in [2.75, 3.05) is 32.7 Å². The molecular formula is C19H30N4OS. The third kappa shape index (κ3) is 4.17. The molecule has 2 aliphatic heterocycles. The van der Waals surface area contributed by atoms with Gasteiger partial charge >= 0.3 is 0 Å². The summed E-state index contributed by atoms with van der Waals surface area (Å²) in [5.74, 6) is 1.19. The van der Waals surface area contributed by atoms with Gasteiger partial charge in [-0.1, -0.05) is 19.9 Å². The number of likely N-dealkylation sites (tertiary alicyclic amines) is 1. The molecule has 0 aliphatic carbocycles. The van der Waals surface area contributed by atoms with Gasteiger partial charge in [-0.3, -0.25) is 9.79 Å². The second-order valence-electron chi connectivity index (χ2n) is 8.01. The summed E-state index contributed by atoms with van der Waals surface area (Å²) in [7, 11) is 0. The molecule has 1 atom stereocenters. The average Bonchev–Trinajstić information content (AvgIpc) is 3.23. The van der Waals surface area contributed by atoms with E-state index in [1.54, 1.807) is 11.3 Å². The molecule has 1 aromatic rings. The summed E-state index contributed by atoms with van der Waals surface area (Å²) in [5, 5.41) is 8.61. The van der Waals surface area contributed by atoms with Crippen LogP contribution in [0.1, 0.15) is 44.9 Å². The van der Waals surface area contributed by atoms with E-state index in [0.29, 0.717) is 6.42 Å². The fourth-order valence-electron chi connectivity index (χ4n) is 3.87. The molecule has 2 aliphatic rings. The van der Waals surface area contributed by atoms with E-state index in [-0.39, 0.29) is 16.7 Å². The van der Waals surface area contributed by atoms with Gasteiger partial charge in [-0.25, -0.2) is 0 Å². The molecule has 0 radical (unpaired) electrons. The molecule has 3 rings (SSSR count). The van der Waals surface area contributed by atoms with Crippen molar-refractivity contribution in [1.29, 1.82) is 0 Å². The lowest BCUT2D eigenvalue weighted by atomic mass is 9.79. The average molecular weight is 363 g/mol. The van der Waals surface area contributed by atoms with Crippen LogP contribution in [-0.2, 0) is 10.2 Å². The monoisotopic (exact) mass is 362 g/mol. The molecular weight excluding hydrogens is 332 g/mol. The molecule has 2 fully saturated rings. The minimum atomic E-state index is 0.0349. The van der Waals surface area contributed by atoms with E-state index in [9.17, 15) is 4.79 Å². The molecule has 0 bridgehead atoms. The Morgan fingerprint density at radius 3 is 3.00 bits per heavy atom. The van der Waals surface area contributed by atoms with Crippen molar-refractivity contribution in [3.63, 3.8) is 0 Å². The number of thiophene rings is 1. The van der Waals surface area contributed by atoms with Crippen molar-refractivity contribution in [3.05, 3.63) is 22.4 Å². The number of rotatable bonds is 4. The number of carbonyl (C=O) groups excluding carboxylic acids is 1. The van der Waals surface area contributed by atoms with E-state index in [4.69, 9.17) is 4.99 Å². The van der Waals surface area contributed by atoms with Gasteiger partial charge < -0.3 is 15.5 Å². The van der Waals surface area contributed by atoms with Crippen LogP contribution >= 0.6 is 11.3 Å². The Labute approximate surface area is 154 Å². The SMILES string of the molecule is CCNC(=NCC(C)(C)c1cccs1)N1CCCC2(CNC(=O)C2)C1. The second-order valence-corrected chi connectivity index (χ2v) is 8.96. The summed E-state index contributed by atoms with van der Waals surface area (Å²) in [5.41, 5.74) is 0.127. The molecule has 25 heavy (non-hydrogen) atoms. The first kappa shape index (κ1) is 18.2. The first-order valence-corrected chi connectivity index (χ1v) is 10.2. The molecule has 3 heterocycles. The van der Waals surface area contributed by atoms with Crippen LogP contribution in [0, 0.1) is 5.41 Å². The molecule has 6 heteroatoms. The third-order valence-corrected chi connectivity index (χ3v) is 6.54. The Bertz CT molecular complexity index is 625. The topological polar surface area (TPSA) is 56.7 Å². The zero-order valence-electron chi connectivity index (χ0n) is 15.6. The molecule has 1 unspecified atom stereocenters. The smallest absolute Gasteiger partial charge is 0.220 e. The number of nitrogens with one attached hydrogen (secondary N) is 2. The van der Waals surface area contributed by atoms with E-state index in [1.807, 2.05) is 0 Å². The van der Waals surface area contributed by atoms with Crippen LogP contribution in [0.25, 0.3) is 0 Å². The first-order chi connectivity index (χ1) is 11.9. The van der Waals surface area contributed by atoms with Crippen molar-refractivity contribution >= 4 is 23.2 Å². The van der Waals surface area contributed by atoms with E-state index in [1.165, 1.54) is 4.88 Å². The third-order valence-electron chi connectivity index (χ3n) is 5.30. The molecule has 5 nitrogen and oxygen atoms in total. The lowest BCUT2D eigenvalue weighted by Gasteiger charge is -2.41. The Balaban J connectivity index is 1.72. The van der Waals surface area contributed by atoms with Gasteiger partial charge in [-0.15, -0.1) is 11.3 Å². The highest BCUT2D eigenvalue weighted by Gasteiger charge is 2.42. The van der Waals surface area contributed by atoms with Crippen molar-refractivity contribution < 1.29 is 4.79 Å². The van der Waals surface area contributed by atoms with E-state index in [2.05, 4.69) is 53.8 Å². The molecule has 1 aromatic heterocycles. The van der Waals surface area contributed by atoms with Gasteiger partial charge in [-0.2, -0.15) is 0 Å². The second kappa shape index (κ2) is 7.36. The highest BCUT2D eigenvalue weighted by Crippen LogP contribution is 2.36. The van der Waals surface area contributed by atoms with E-state index >= 15 is 0 Å². The zero-order chi connectivity index (χ0) is 17.9. The molecule has 0 aromatic carbocycles.